The Morgan fingerprint density at radius 3 is 0.903 bits per heavy atom. The normalized spacial score (nSPS) is 19.4. The highest BCUT2D eigenvalue weighted by atomic mass is 28.4. The van der Waals surface area contributed by atoms with Crippen LogP contribution in [-0.2, 0) is 0 Å². The van der Waals surface area contributed by atoms with Crippen LogP contribution in [0, 0.1) is 0 Å². The van der Waals surface area contributed by atoms with Gasteiger partial charge in [-0.25, -0.2) is 0 Å². The van der Waals surface area contributed by atoms with Crippen molar-refractivity contribution in [2.75, 3.05) is 19.6 Å². The Labute approximate surface area is 199 Å². The van der Waals surface area contributed by atoms with Gasteiger partial charge in [-0.15, -0.1) is 0 Å². The van der Waals surface area contributed by atoms with E-state index in [1.54, 1.807) is 0 Å². The molecule has 0 unspecified atom stereocenters. The predicted molar refractivity (Wildman–Crippen MR) is 153 cm³/mol. The van der Waals surface area contributed by atoms with E-state index in [-0.39, 0.29) is 14.2 Å². The van der Waals surface area contributed by atoms with Gasteiger partial charge in [0, 0.05) is 0 Å². The van der Waals surface area contributed by atoms with Crippen LogP contribution in [0.4, 0.5) is 4.32 Å². The topological polar surface area (TPSA) is 16.2 Å². The fourth-order valence-electron chi connectivity index (χ4n) is 5.86. The number of hydrogen-bond donors (Lipinski definition) is 0. The van der Waals surface area contributed by atoms with Gasteiger partial charge in [-0.1, -0.05) is 99.3 Å². The third kappa shape index (κ3) is 6.47. The minimum atomic E-state index is -1.71. The van der Waals surface area contributed by atoms with Crippen molar-refractivity contribution in [3.8, 4) is 0 Å². The van der Waals surface area contributed by atoms with Crippen molar-refractivity contribution >= 4 is 54.4 Å². The molecule has 0 N–H and O–H groups in total. The van der Waals surface area contributed by atoms with Crippen LogP contribution in [0.2, 0.25) is 78.6 Å². The Bertz CT molecular complexity index is 519. The van der Waals surface area contributed by atoms with Crippen LogP contribution in [-0.4, -0.2) is 96.5 Å². The van der Waals surface area contributed by atoms with Crippen molar-refractivity contribution in [1.82, 2.24) is 22.4 Å². The lowest BCUT2D eigenvalue weighted by molar-refractivity contribution is 0.374. The number of rotatable bonds is 9. The van der Waals surface area contributed by atoms with E-state index in [9.17, 15) is 0 Å². The third-order valence-corrected chi connectivity index (χ3v) is 20.9. The van der Waals surface area contributed by atoms with Gasteiger partial charge in [0.2, 0.25) is 0 Å². The van der Waals surface area contributed by atoms with Gasteiger partial charge in [-0.2, -0.15) is 0 Å². The molecule has 1 fully saturated rings. The summed E-state index contributed by atoms with van der Waals surface area (Å²) in [6, 6.07) is 0. The first kappa shape index (κ1) is 29.8. The van der Waals surface area contributed by atoms with Crippen molar-refractivity contribution in [3.05, 3.63) is 0 Å². The van der Waals surface area contributed by atoms with Crippen molar-refractivity contribution in [2.45, 2.75) is 99.3 Å². The lowest BCUT2D eigenvalue weighted by atomic mass is 9.60. The van der Waals surface area contributed by atoms with Crippen molar-refractivity contribution in [3.63, 3.8) is 0 Å². The summed E-state index contributed by atoms with van der Waals surface area (Å²) in [4.78, 5) is 0. The molecular formula is C18H51B3FN5Si4. The lowest BCUT2D eigenvalue weighted by Gasteiger charge is -2.62. The molecule has 0 amide bonds. The maximum Gasteiger partial charge on any atom is 0.502 e. The van der Waals surface area contributed by atoms with E-state index in [1.165, 1.54) is 0 Å². The molecule has 0 radical (unpaired) electrons. The zero-order valence-electron chi connectivity index (χ0n) is 23.5. The Hall–Kier alpha value is 0.792. The second kappa shape index (κ2) is 10.2. The Balaban J connectivity index is 3.87. The minimum absolute atomic E-state index is 0.0198. The average molecular weight is 501 g/mol. The average Bonchev–Trinajstić information content (AvgIpc) is 2.50. The smallest absolute Gasteiger partial charge is 0.360 e. The molecule has 5 nitrogen and oxygen atoms in total. The SMILES string of the molecule is CCN1B(F)N(CC)B(N([Si](C)(C)C)[Si](C)(C)C)N(CC)B1N([Si](C)(C)C)[Si](C)(C)C. The molecule has 1 rings (SSSR count). The van der Waals surface area contributed by atoms with Gasteiger partial charge in [0.15, 0.2) is 0 Å². The van der Waals surface area contributed by atoms with Gasteiger partial charge in [-0.3, -0.25) is 4.32 Å². The van der Waals surface area contributed by atoms with Crippen LogP contribution in [0.25, 0.3) is 0 Å². The van der Waals surface area contributed by atoms with Gasteiger partial charge in [0.1, 0.15) is 32.9 Å². The Kier molecular flexibility index (Phi) is 9.80. The van der Waals surface area contributed by atoms with Gasteiger partial charge < -0.3 is 22.4 Å². The zero-order valence-corrected chi connectivity index (χ0v) is 27.5. The van der Waals surface area contributed by atoms with Crippen LogP contribution in [0.1, 0.15) is 20.8 Å². The Morgan fingerprint density at radius 2 is 0.742 bits per heavy atom. The van der Waals surface area contributed by atoms with Crippen molar-refractivity contribution in [1.29, 1.82) is 0 Å². The predicted octanol–water partition coefficient (Wildman–Crippen LogP) is 4.83. The third-order valence-electron chi connectivity index (χ3n) is 6.18. The quantitative estimate of drug-likeness (QED) is 0.420. The molecular weight excluding hydrogens is 450 g/mol. The minimum Gasteiger partial charge on any atom is -0.360 e. The van der Waals surface area contributed by atoms with E-state index in [0.717, 1.165) is 19.6 Å². The summed E-state index contributed by atoms with van der Waals surface area (Å²) in [6.07, 6.45) is 0. The van der Waals surface area contributed by atoms with E-state index in [1.807, 2.05) is 0 Å². The fourth-order valence-corrected chi connectivity index (χ4v) is 25.9. The largest absolute Gasteiger partial charge is 0.502 e. The molecule has 0 aromatic carbocycles. The maximum absolute atomic E-state index is 16.4. The monoisotopic (exact) mass is 501 g/mol. The number of nitrogens with zero attached hydrogens (tertiary/aromatic N) is 5. The molecule has 0 aromatic rings. The summed E-state index contributed by atoms with van der Waals surface area (Å²) in [7, 11) is -7.87. The van der Waals surface area contributed by atoms with E-state index < -0.39 is 40.2 Å². The first-order valence-electron chi connectivity index (χ1n) is 12.2. The van der Waals surface area contributed by atoms with E-state index in [2.05, 4.69) is 122 Å². The van der Waals surface area contributed by atoms with E-state index in [4.69, 9.17) is 0 Å². The van der Waals surface area contributed by atoms with Gasteiger partial charge >= 0.3 is 21.5 Å². The number of halogens is 1. The molecule has 13 heteroatoms. The fraction of sp³-hybridized carbons (Fsp3) is 1.00. The zero-order chi connectivity index (χ0) is 24.7. The van der Waals surface area contributed by atoms with Crippen LogP contribution in [0.5, 0.6) is 0 Å². The molecule has 0 aliphatic carbocycles. The van der Waals surface area contributed by atoms with Crippen LogP contribution in [0.3, 0.4) is 0 Å². The molecule has 0 bridgehead atoms. The molecule has 1 saturated heterocycles. The highest BCUT2D eigenvalue weighted by Crippen LogP contribution is 2.34. The Morgan fingerprint density at radius 1 is 0.516 bits per heavy atom. The van der Waals surface area contributed by atoms with Crippen molar-refractivity contribution in [2.24, 2.45) is 0 Å². The summed E-state index contributed by atoms with van der Waals surface area (Å²) >= 11 is 0. The molecule has 0 aromatic heterocycles. The van der Waals surface area contributed by atoms with Crippen LogP contribution in [0.15, 0.2) is 0 Å². The van der Waals surface area contributed by atoms with Crippen LogP contribution >= 0.6 is 0 Å². The molecule has 0 saturated carbocycles. The molecule has 0 spiro atoms. The second-order valence-corrected chi connectivity index (χ2v) is 33.1. The summed E-state index contributed by atoms with van der Waals surface area (Å²) < 4.78 is 29.0. The second-order valence-electron chi connectivity index (χ2n) is 12.9. The summed E-state index contributed by atoms with van der Waals surface area (Å²) in [5, 5.41) is 0. The highest BCUT2D eigenvalue weighted by molar-refractivity contribution is 7.05. The first-order chi connectivity index (χ1) is 13.7. The summed E-state index contributed by atoms with van der Waals surface area (Å²) in [6.45, 7) is 38.2. The molecule has 1 heterocycles. The molecule has 0 atom stereocenters. The maximum atomic E-state index is 16.4. The standard InChI is InChI=1S/C18H51B3FN5Si4/c1-16-23-19(22)24(17-2)21(27(30(10,11)12)31(13,14)15)25(18-3)20(23)26(28(4,5)6)29(7,8)9/h16-18H2,1-15H3. The highest BCUT2D eigenvalue weighted by Gasteiger charge is 2.62. The molecule has 1 aliphatic heterocycles. The van der Waals surface area contributed by atoms with E-state index >= 15 is 4.32 Å². The first-order valence-corrected chi connectivity index (χ1v) is 26.0. The lowest BCUT2D eigenvalue weighted by Crippen LogP contribution is -2.89. The van der Waals surface area contributed by atoms with Crippen LogP contribution < -0.4 is 0 Å². The molecule has 31 heavy (non-hydrogen) atoms. The summed E-state index contributed by atoms with van der Waals surface area (Å²) in [5.41, 5.74) is 0. The van der Waals surface area contributed by atoms with Gasteiger partial charge in [0.25, 0.3) is 0 Å². The summed E-state index contributed by atoms with van der Waals surface area (Å²) in [5.74, 6) is 0. The van der Waals surface area contributed by atoms with Crippen molar-refractivity contribution < 1.29 is 4.32 Å². The van der Waals surface area contributed by atoms with Gasteiger partial charge in [0.05, 0.1) is 0 Å². The molecule has 1 aliphatic rings. The van der Waals surface area contributed by atoms with Gasteiger partial charge in [-0.05, 0) is 19.6 Å². The molecule has 180 valence electrons. The number of hydrogen-bond acceptors (Lipinski definition) is 5. The van der Waals surface area contributed by atoms with E-state index in [0.29, 0.717) is 0 Å².